The Morgan fingerprint density at radius 3 is 1.58 bits per heavy atom. The van der Waals surface area contributed by atoms with E-state index < -0.39 is 0 Å². The van der Waals surface area contributed by atoms with Crippen molar-refractivity contribution in [3.05, 3.63) is 158 Å². The van der Waals surface area contributed by atoms with E-state index in [-0.39, 0.29) is 0 Å². The summed E-state index contributed by atoms with van der Waals surface area (Å²) in [7, 11) is 0. The number of benzene rings is 8. The fraction of sp³-hybridized carbons (Fsp3) is 0. The SMILES string of the molecule is c1ccc(-c2cccc3c2oc2ccc(-c4c5ccccc5c(-c5ccc6ccccc6c5)c5ccccc45)cc23)cc1. The van der Waals surface area contributed by atoms with Crippen LogP contribution in [0.1, 0.15) is 0 Å². The van der Waals surface area contributed by atoms with E-state index in [9.17, 15) is 0 Å². The van der Waals surface area contributed by atoms with E-state index >= 15 is 0 Å². The highest BCUT2D eigenvalue weighted by atomic mass is 16.3. The van der Waals surface area contributed by atoms with Gasteiger partial charge < -0.3 is 4.42 Å². The lowest BCUT2D eigenvalue weighted by atomic mass is 9.85. The summed E-state index contributed by atoms with van der Waals surface area (Å²) in [4.78, 5) is 0. The topological polar surface area (TPSA) is 13.1 Å². The molecule has 0 bridgehead atoms. The fourth-order valence-electron chi connectivity index (χ4n) is 6.89. The zero-order chi connectivity index (χ0) is 28.3. The second-order valence-electron chi connectivity index (χ2n) is 11.3. The summed E-state index contributed by atoms with van der Waals surface area (Å²) in [6.07, 6.45) is 0. The van der Waals surface area contributed by atoms with Crippen LogP contribution in [-0.2, 0) is 0 Å². The van der Waals surface area contributed by atoms with Crippen LogP contribution >= 0.6 is 0 Å². The summed E-state index contributed by atoms with van der Waals surface area (Å²) in [6.45, 7) is 0. The van der Waals surface area contributed by atoms with Gasteiger partial charge in [-0.25, -0.2) is 0 Å². The Balaban J connectivity index is 1.33. The molecule has 0 amide bonds. The molecule has 0 saturated heterocycles. The van der Waals surface area contributed by atoms with E-state index in [2.05, 4.69) is 158 Å². The standard InChI is InChI=1S/C42H26O/c1-2-12-28(13-3-1)32-19-10-20-37-38-26-31(23-24-39(38)43-42(32)37)41-35-17-8-6-15-33(35)40(34-16-7-9-18-36(34)41)30-22-21-27-11-4-5-14-29(27)25-30/h1-26H. The molecule has 1 heteroatoms. The Morgan fingerprint density at radius 2 is 0.884 bits per heavy atom. The van der Waals surface area contributed by atoms with Crippen molar-refractivity contribution in [1.29, 1.82) is 0 Å². The molecule has 1 aromatic heterocycles. The van der Waals surface area contributed by atoms with Crippen molar-refractivity contribution in [2.24, 2.45) is 0 Å². The van der Waals surface area contributed by atoms with Gasteiger partial charge in [-0.3, -0.25) is 0 Å². The predicted molar refractivity (Wildman–Crippen MR) is 183 cm³/mol. The minimum Gasteiger partial charge on any atom is -0.455 e. The largest absolute Gasteiger partial charge is 0.455 e. The summed E-state index contributed by atoms with van der Waals surface area (Å²) in [5.74, 6) is 0. The zero-order valence-electron chi connectivity index (χ0n) is 23.4. The molecule has 0 radical (unpaired) electrons. The Hall–Kier alpha value is -5.66. The number of para-hydroxylation sites is 1. The molecule has 0 N–H and O–H groups in total. The van der Waals surface area contributed by atoms with Gasteiger partial charge in [0.1, 0.15) is 11.2 Å². The van der Waals surface area contributed by atoms with Crippen molar-refractivity contribution in [1.82, 2.24) is 0 Å². The van der Waals surface area contributed by atoms with Crippen molar-refractivity contribution < 1.29 is 4.42 Å². The first-order chi connectivity index (χ1) is 21.3. The van der Waals surface area contributed by atoms with Gasteiger partial charge in [0.05, 0.1) is 0 Å². The van der Waals surface area contributed by atoms with E-state index in [1.54, 1.807) is 0 Å². The average Bonchev–Trinajstić information content (AvgIpc) is 3.45. The molecule has 1 nitrogen and oxygen atoms in total. The Morgan fingerprint density at radius 1 is 0.326 bits per heavy atom. The molecule has 9 rings (SSSR count). The lowest BCUT2D eigenvalue weighted by Crippen LogP contribution is -1.91. The Kier molecular flexibility index (Phi) is 5.27. The van der Waals surface area contributed by atoms with Crippen molar-refractivity contribution in [3.63, 3.8) is 0 Å². The van der Waals surface area contributed by atoms with E-state index in [0.29, 0.717) is 0 Å². The van der Waals surface area contributed by atoms with E-state index in [1.807, 2.05) is 0 Å². The van der Waals surface area contributed by atoms with Gasteiger partial charge in [-0.05, 0) is 78.3 Å². The third kappa shape index (κ3) is 3.72. The van der Waals surface area contributed by atoms with Gasteiger partial charge in [-0.15, -0.1) is 0 Å². The molecule has 1 heterocycles. The summed E-state index contributed by atoms with van der Waals surface area (Å²) < 4.78 is 6.52. The third-order valence-corrected chi connectivity index (χ3v) is 8.84. The Labute approximate surface area is 249 Å². The minimum atomic E-state index is 0.906. The second-order valence-corrected chi connectivity index (χ2v) is 11.3. The third-order valence-electron chi connectivity index (χ3n) is 8.84. The molecule has 0 unspecified atom stereocenters. The maximum Gasteiger partial charge on any atom is 0.143 e. The highest BCUT2D eigenvalue weighted by Crippen LogP contribution is 2.45. The molecule has 43 heavy (non-hydrogen) atoms. The molecule has 200 valence electrons. The monoisotopic (exact) mass is 546 g/mol. The molecule has 9 aromatic rings. The first-order valence-electron chi connectivity index (χ1n) is 14.8. The van der Waals surface area contributed by atoms with Gasteiger partial charge in [0, 0.05) is 16.3 Å². The first-order valence-corrected chi connectivity index (χ1v) is 14.8. The number of hydrogen-bond donors (Lipinski definition) is 0. The second kappa shape index (κ2) is 9.44. The average molecular weight is 547 g/mol. The summed E-state index contributed by atoms with van der Waals surface area (Å²) >= 11 is 0. The maximum absolute atomic E-state index is 6.52. The van der Waals surface area contributed by atoms with Crippen LogP contribution in [0.2, 0.25) is 0 Å². The number of rotatable bonds is 3. The van der Waals surface area contributed by atoms with Crippen LogP contribution in [0.25, 0.3) is 87.6 Å². The lowest BCUT2D eigenvalue weighted by molar-refractivity contribution is 0.670. The summed E-state index contributed by atoms with van der Waals surface area (Å²) in [5.41, 5.74) is 9.08. The van der Waals surface area contributed by atoms with Crippen LogP contribution < -0.4 is 0 Å². The number of hydrogen-bond acceptors (Lipinski definition) is 1. The molecule has 8 aromatic carbocycles. The zero-order valence-corrected chi connectivity index (χ0v) is 23.4. The van der Waals surface area contributed by atoms with Crippen LogP contribution in [0.15, 0.2) is 162 Å². The molecular formula is C42H26O. The van der Waals surface area contributed by atoms with Gasteiger partial charge in [-0.1, -0.05) is 140 Å². The van der Waals surface area contributed by atoms with Crippen LogP contribution in [0, 0.1) is 0 Å². The Bertz CT molecular complexity index is 2440. The molecule has 0 aliphatic rings. The molecule has 0 atom stereocenters. The predicted octanol–water partition coefficient (Wildman–Crippen LogP) is 12.0. The van der Waals surface area contributed by atoms with Crippen molar-refractivity contribution in [2.75, 3.05) is 0 Å². The van der Waals surface area contributed by atoms with Crippen molar-refractivity contribution in [3.8, 4) is 33.4 Å². The molecule has 0 fully saturated rings. The molecule has 0 aliphatic heterocycles. The lowest BCUT2D eigenvalue weighted by Gasteiger charge is -2.18. The number of furan rings is 1. The molecule has 0 spiro atoms. The highest BCUT2D eigenvalue weighted by Gasteiger charge is 2.18. The summed E-state index contributed by atoms with van der Waals surface area (Å²) in [6, 6.07) is 56.8. The smallest absolute Gasteiger partial charge is 0.143 e. The molecular weight excluding hydrogens is 520 g/mol. The van der Waals surface area contributed by atoms with Gasteiger partial charge in [0.2, 0.25) is 0 Å². The van der Waals surface area contributed by atoms with Crippen LogP contribution in [0.5, 0.6) is 0 Å². The van der Waals surface area contributed by atoms with Gasteiger partial charge in [0.25, 0.3) is 0 Å². The highest BCUT2D eigenvalue weighted by molar-refractivity contribution is 6.22. The van der Waals surface area contributed by atoms with Crippen molar-refractivity contribution >= 4 is 54.3 Å². The normalized spacial score (nSPS) is 11.7. The van der Waals surface area contributed by atoms with E-state index in [1.165, 1.54) is 54.6 Å². The maximum atomic E-state index is 6.52. The summed E-state index contributed by atoms with van der Waals surface area (Å²) in [5, 5.41) is 9.81. The minimum absolute atomic E-state index is 0.906. The molecule has 0 saturated carbocycles. The van der Waals surface area contributed by atoms with Gasteiger partial charge in [0.15, 0.2) is 0 Å². The first kappa shape index (κ1) is 24.0. The quantitative estimate of drug-likeness (QED) is 0.201. The van der Waals surface area contributed by atoms with Crippen LogP contribution in [0.3, 0.4) is 0 Å². The van der Waals surface area contributed by atoms with Gasteiger partial charge >= 0.3 is 0 Å². The van der Waals surface area contributed by atoms with Gasteiger partial charge in [-0.2, -0.15) is 0 Å². The van der Waals surface area contributed by atoms with Crippen molar-refractivity contribution in [2.45, 2.75) is 0 Å². The van der Waals surface area contributed by atoms with E-state index in [0.717, 1.165) is 33.1 Å². The number of fused-ring (bicyclic) bond motifs is 6. The van der Waals surface area contributed by atoms with Crippen LogP contribution in [0.4, 0.5) is 0 Å². The molecule has 0 aliphatic carbocycles. The fourth-order valence-corrected chi connectivity index (χ4v) is 6.89. The van der Waals surface area contributed by atoms with E-state index in [4.69, 9.17) is 4.42 Å². The van der Waals surface area contributed by atoms with Crippen LogP contribution in [-0.4, -0.2) is 0 Å².